The third-order valence-corrected chi connectivity index (χ3v) is 6.36. The standard InChI is InChI=1S/C10H20OS.C9H18OS/c1-8(2)9(11)6-7-10(3,4)12-5;1-7(2)9(10)6-5-8(3)11-4/h8H,6-7H2,1-5H3;7-8H,5-6H2,1-4H3/t;8-/m.0/s1. The zero-order valence-electron chi connectivity index (χ0n) is 16.7. The fourth-order valence-electron chi connectivity index (χ4n) is 1.57. The van der Waals surface area contributed by atoms with Crippen molar-refractivity contribution in [3.8, 4) is 0 Å². The average molecular weight is 363 g/mol. The van der Waals surface area contributed by atoms with Crippen molar-refractivity contribution < 1.29 is 9.59 Å². The number of carbonyl (C=O) groups is 2. The van der Waals surface area contributed by atoms with E-state index in [2.05, 4.69) is 33.3 Å². The first-order valence-electron chi connectivity index (χ1n) is 8.60. The highest BCUT2D eigenvalue weighted by Crippen LogP contribution is 2.27. The molecule has 0 aliphatic heterocycles. The number of rotatable bonds is 10. The van der Waals surface area contributed by atoms with Gasteiger partial charge in [0.15, 0.2) is 0 Å². The third-order valence-electron chi connectivity index (χ3n) is 4.01. The van der Waals surface area contributed by atoms with Crippen molar-refractivity contribution in [3.63, 3.8) is 0 Å². The fourth-order valence-corrected chi connectivity index (χ4v) is 2.23. The van der Waals surface area contributed by atoms with Crippen molar-refractivity contribution in [1.82, 2.24) is 0 Å². The molecular formula is C19H38O2S2. The maximum absolute atomic E-state index is 11.3. The summed E-state index contributed by atoms with van der Waals surface area (Å²) in [5, 5.41) is 0.623. The minimum Gasteiger partial charge on any atom is -0.299 e. The molecule has 0 radical (unpaired) electrons. The maximum Gasteiger partial charge on any atom is 0.135 e. The van der Waals surface area contributed by atoms with Crippen LogP contribution in [-0.2, 0) is 9.59 Å². The second-order valence-corrected chi connectivity index (χ2v) is 10.1. The van der Waals surface area contributed by atoms with E-state index in [1.807, 2.05) is 51.2 Å². The lowest BCUT2D eigenvalue weighted by Crippen LogP contribution is -2.17. The molecule has 0 fully saturated rings. The molecule has 138 valence electrons. The Labute approximate surface area is 153 Å². The van der Waals surface area contributed by atoms with E-state index in [4.69, 9.17) is 0 Å². The van der Waals surface area contributed by atoms with Gasteiger partial charge in [-0.05, 0) is 25.4 Å². The van der Waals surface area contributed by atoms with E-state index in [1.165, 1.54) is 0 Å². The van der Waals surface area contributed by atoms with E-state index < -0.39 is 0 Å². The van der Waals surface area contributed by atoms with Crippen LogP contribution < -0.4 is 0 Å². The molecule has 0 heterocycles. The minimum atomic E-state index is 0.197. The monoisotopic (exact) mass is 362 g/mol. The Kier molecular flexibility index (Phi) is 14.7. The molecule has 0 aliphatic carbocycles. The SMILES string of the molecule is CSC(C)(C)CCC(=O)C(C)C.CS[C@@H](C)CCC(=O)C(C)C. The molecule has 0 aromatic heterocycles. The highest BCUT2D eigenvalue weighted by atomic mass is 32.2. The molecular weight excluding hydrogens is 324 g/mol. The fraction of sp³-hybridized carbons (Fsp3) is 0.895. The van der Waals surface area contributed by atoms with Gasteiger partial charge < -0.3 is 0 Å². The van der Waals surface area contributed by atoms with Crippen molar-refractivity contribution in [2.45, 2.75) is 84.1 Å². The quantitative estimate of drug-likeness (QED) is 0.486. The molecule has 0 spiro atoms. The zero-order valence-corrected chi connectivity index (χ0v) is 18.3. The predicted molar refractivity (Wildman–Crippen MR) is 109 cm³/mol. The van der Waals surface area contributed by atoms with Crippen LogP contribution in [0.5, 0.6) is 0 Å². The van der Waals surface area contributed by atoms with E-state index in [0.29, 0.717) is 16.8 Å². The van der Waals surface area contributed by atoms with E-state index >= 15 is 0 Å². The summed E-state index contributed by atoms with van der Waals surface area (Å²) in [5.41, 5.74) is 0. The topological polar surface area (TPSA) is 34.1 Å². The average Bonchev–Trinajstić information content (AvgIpc) is 2.50. The van der Waals surface area contributed by atoms with Crippen LogP contribution in [-0.4, -0.2) is 34.1 Å². The second-order valence-electron chi connectivity index (χ2n) is 7.29. The molecule has 0 aromatic rings. The molecule has 4 heteroatoms. The number of thioether (sulfide) groups is 2. The molecule has 0 unspecified atom stereocenters. The number of carbonyl (C=O) groups excluding carboxylic acids is 2. The van der Waals surface area contributed by atoms with Crippen LogP contribution in [0, 0.1) is 11.8 Å². The molecule has 0 saturated carbocycles. The maximum atomic E-state index is 11.3. The lowest BCUT2D eigenvalue weighted by molar-refractivity contribution is -0.122. The van der Waals surface area contributed by atoms with Crippen molar-refractivity contribution >= 4 is 35.1 Å². The van der Waals surface area contributed by atoms with Gasteiger partial charge in [0, 0.05) is 34.7 Å². The Morgan fingerprint density at radius 2 is 1.30 bits per heavy atom. The summed E-state index contributed by atoms with van der Waals surface area (Å²) in [6, 6.07) is 0. The number of ketones is 2. The highest BCUT2D eigenvalue weighted by Gasteiger charge is 2.18. The molecule has 0 saturated heterocycles. The van der Waals surface area contributed by atoms with Crippen LogP contribution in [0.1, 0.15) is 74.1 Å². The van der Waals surface area contributed by atoms with Crippen molar-refractivity contribution in [2.24, 2.45) is 11.8 Å². The summed E-state index contributed by atoms with van der Waals surface area (Å²) >= 11 is 3.65. The third kappa shape index (κ3) is 15.3. The van der Waals surface area contributed by atoms with Crippen LogP contribution in [0.15, 0.2) is 0 Å². The van der Waals surface area contributed by atoms with Crippen LogP contribution in [0.3, 0.4) is 0 Å². The summed E-state index contributed by atoms with van der Waals surface area (Å²) < 4.78 is 0.255. The number of hydrogen-bond donors (Lipinski definition) is 0. The summed E-state index contributed by atoms with van der Waals surface area (Å²) in [4.78, 5) is 22.5. The Bertz CT molecular complexity index is 336. The molecule has 2 nitrogen and oxygen atoms in total. The number of Topliss-reactive ketones (excluding diaryl/α,β-unsaturated/α-hetero) is 2. The molecule has 0 rings (SSSR count). The Hall–Kier alpha value is 0.0400. The molecule has 0 aliphatic rings. The Morgan fingerprint density at radius 3 is 1.65 bits per heavy atom. The Balaban J connectivity index is 0. The van der Waals surface area contributed by atoms with Gasteiger partial charge in [-0.25, -0.2) is 0 Å². The van der Waals surface area contributed by atoms with Gasteiger partial charge in [0.2, 0.25) is 0 Å². The van der Waals surface area contributed by atoms with Crippen LogP contribution in [0.4, 0.5) is 0 Å². The van der Waals surface area contributed by atoms with Gasteiger partial charge in [-0.2, -0.15) is 23.5 Å². The van der Waals surface area contributed by atoms with Gasteiger partial charge in [-0.1, -0.05) is 48.5 Å². The smallest absolute Gasteiger partial charge is 0.135 e. The molecule has 1 atom stereocenters. The lowest BCUT2D eigenvalue weighted by atomic mass is 9.99. The van der Waals surface area contributed by atoms with Crippen molar-refractivity contribution in [2.75, 3.05) is 12.5 Å². The molecule has 0 bridgehead atoms. The predicted octanol–water partition coefficient (Wildman–Crippen LogP) is 5.88. The largest absolute Gasteiger partial charge is 0.299 e. The van der Waals surface area contributed by atoms with Gasteiger partial charge in [-0.3, -0.25) is 9.59 Å². The summed E-state index contributed by atoms with van der Waals surface area (Å²) in [6.45, 7) is 14.4. The molecule has 0 amide bonds. The van der Waals surface area contributed by atoms with Gasteiger partial charge in [0.25, 0.3) is 0 Å². The first-order valence-corrected chi connectivity index (χ1v) is 11.1. The van der Waals surface area contributed by atoms with Gasteiger partial charge in [-0.15, -0.1) is 0 Å². The normalized spacial score (nSPS) is 12.8. The van der Waals surface area contributed by atoms with Gasteiger partial charge in [0.1, 0.15) is 11.6 Å². The van der Waals surface area contributed by atoms with Gasteiger partial charge >= 0.3 is 0 Å². The minimum absolute atomic E-state index is 0.197. The van der Waals surface area contributed by atoms with E-state index in [0.717, 1.165) is 25.7 Å². The molecule has 0 N–H and O–H groups in total. The molecule has 0 aromatic carbocycles. The molecule has 23 heavy (non-hydrogen) atoms. The first kappa shape index (κ1) is 25.3. The van der Waals surface area contributed by atoms with Crippen LogP contribution in [0.25, 0.3) is 0 Å². The second kappa shape index (κ2) is 13.3. The Morgan fingerprint density at radius 1 is 0.870 bits per heavy atom. The van der Waals surface area contributed by atoms with E-state index in [-0.39, 0.29) is 16.6 Å². The van der Waals surface area contributed by atoms with Crippen LogP contribution >= 0.6 is 23.5 Å². The van der Waals surface area contributed by atoms with Crippen molar-refractivity contribution in [3.05, 3.63) is 0 Å². The summed E-state index contributed by atoms with van der Waals surface area (Å²) in [7, 11) is 0. The van der Waals surface area contributed by atoms with Crippen LogP contribution in [0.2, 0.25) is 0 Å². The van der Waals surface area contributed by atoms with Gasteiger partial charge in [0.05, 0.1) is 0 Å². The highest BCUT2D eigenvalue weighted by molar-refractivity contribution is 8.00. The zero-order chi connectivity index (χ0) is 18.6. The van der Waals surface area contributed by atoms with Crippen molar-refractivity contribution in [1.29, 1.82) is 0 Å². The lowest BCUT2D eigenvalue weighted by Gasteiger charge is -2.21. The summed E-state index contributed by atoms with van der Waals surface area (Å²) in [5.74, 6) is 1.19. The van der Waals surface area contributed by atoms with E-state index in [1.54, 1.807) is 0 Å². The summed E-state index contributed by atoms with van der Waals surface area (Å²) in [6.07, 6.45) is 7.68. The number of hydrogen-bond acceptors (Lipinski definition) is 4. The van der Waals surface area contributed by atoms with E-state index in [9.17, 15) is 9.59 Å². The first-order chi connectivity index (χ1) is 10.5.